The van der Waals surface area contributed by atoms with Gasteiger partial charge in [0.2, 0.25) is 0 Å². The normalized spacial score (nSPS) is 10.7. The van der Waals surface area contributed by atoms with E-state index in [2.05, 4.69) is 0 Å². The van der Waals surface area contributed by atoms with Crippen LogP contribution in [-0.4, -0.2) is 5.78 Å². The lowest BCUT2D eigenvalue weighted by Crippen LogP contribution is -2.09. The second-order valence-electron chi connectivity index (χ2n) is 4.06. The Labute approximate surface area is 116 Å². The van der Waals surface area contributed by atoms with Crippen LogP contribution in [0.15, 0.2) is 30.3 Å². The predicted molar refractivity (Wildman–Crippen MR) is 65.8 cm³/mol. The van der Waals surface area contributed by atoms with Gasteiger partial charge in [-0.2, -0.15) is 0 Å². The highest BCUT2D eigenvalue weighted by atomic mass is 35.5. The molecular formula is C14H7ClF4O. The Kier molecular flexibility index (Phi) is 4.09. The molecule has 0 fully saturated rings. The fourth-order valence-corrected chi connectivity index (χ4v) is 1.88. The van der Waals surface area contributed by atoms with Gasteiger partial charge < -0.3 is 0 Å². The van der Waals surface area contributed by atoms with Crippen molar-refractivity contribution in [2.75, 3.05) is 0 Å². The van der Waals surface area contributed by atoms with Gasteiger partial charge in [-0.1, -0.05) is 11.6 Å². The van der Waals surface area contributed by atoms with Gasteiger partial charge in [0, 0.05) is 11.4 Å². The minimum atomic E-state index is -1.73. The number of ketones is 1. The molecular weight excluding hydrogens is 296 g/mol. The van der Waals surface area contributed by atoms with Gasteiger partial charge in [0.05, 0.1) is 5.56 Å². The van der Waals surface area contributed by atoms with E-state index in [4.69, 9.17) is 11.6 Å². The highest BCUT2D eigenvalue weighted by Gasteiger charge is 2.20. The number of hydrogen-bond acceptors (Lipinski definition) is 1. The maximum Gasteiger partial charge on any atom is 0.195 e. The largest absolute Gasteiger partial charge is 0.294 e. The summed E-state index contributed by atoms with van der Waals surface area (Å²) in [6.07, 6.45) is -0.506. The Morgan fingerprint density at radius 2 is 1.60 bits per heavy atom. The van der Waals surface area contributed by atoms with Crippen molar-refractivity contribution < 1.29 is 22.4 Å². The van der Waals surface area contributed by atoms with E-state index >= 15 is 0 Å². The first kappa shape index (κ1) is 14.5. The zero-order valence-corrected chi connectivity index (χ0v) is 10.6. The Morgan fingerprint density at radius 1 is 0.950 bits per heavy atom. The van der Waals surface area contributed by atoms with Gasteiger partial charge in [-0.05, 0) is 35.9 Å². The Morgan fingerprint density at radius 3 is 2.30 bits per heavy atom. The summed E-state index contributed by atoms with van der Waals surface area (Å²) >= 11 is 5.66. The van der Waals surface area contributed by atoms with Gasteiger partial charge in [-0.25, -0.2) is 17.6 Å². The van der Waals surface area contributed by atoms with Gasteiger partial charge in [0.25, 0.3) is 0 Å². The van der Waals surface area contributed by atoms with Gasteiger partial charge >= 0.3 is 0 Å². The second kappa shape index (κ2) is 5.63. The fraction of sp³-hybridized carbons (Fsp3) is 0.0714. The summed E-state index contributed by atoms with van der Waals surface area (Å²) in [7, 11) is 0. The summed E-state index contributed by atoms with van der Waals surface area (Å²) in [5.74, 6) is -6.28. The van der Waals surface area contributed by atoms with Crippen molar-refractivity contribution in [1.29, 1.82) is 0 Å². The van der Waals surface area contributed by atoms with Crippen LogP contribution >= 0.6 is 11.6 Å². The molecule has 2 aromatic rings. The van der Waals surface area contributed by atoms with E-state index in [1.807, 2.05) is 0 Å². The van der Waals surface area contributed by atoms with Crippen LogP contribution in [0.1, 0.15) is 15.9 Å². The van der Waals surface area contributed by atoms with Crippen LogP contribution < -0.4 is 0 Å². The van der Waals surface area contributed by atoms with Gasteiger partial charge in [-0.15, -0.1) is 0 Å². The SMILES string of the molecule is O=C(Cc1cc(Cl)ccc1F)c1ccc(F)c(F)c1F. The first-order valence-electron chi connectivity index (χ1n) is 5.50. The van der Waals surface area contributed by atoms with Crippen molar-refractivity contribution in [3.63, 3.8) is 0 Å². The molecule has 6 heteroatoms. The summed E-state index contributed by atoms with van der Waals surface area (Å²) in [5, 5.41) is 0.208. The molecule has 0 atom stereocenters. The molecule has 0 saturated carbocycles. The lowest BCUT2D eigenvalue weighted by molar-refractivity contribution is 0.0986. The number of Topliss-reactive ketones (excluding diaryl/α,β-unsaturated/α-hetero) is 1. The average molecular weight is 303 g/mol. The van der Waals surface area contributed by atoms with Crippen LogP contribution in [-0.2, 0) is 6.42 Å². The van der Waals surface area contributed by atoms with Crippen molar-refractivity contribution in [1.82, 2.24) is 0 Å². The number of carbonyl (C=O) groups is 1. The molecule has 0 aliphatic carbocycles. The highest BCUT2D eigenvalue weighted by molar-refractivity contribution is 6.30. The molecule has 0 heterocycles. The summed E-state index contributed by atoms with van der Waals surface area (Å²) in [5.41, 5.74) is -0.685. The van der Waals surface area contributed by atoms with E-state index in [1.165, 1.54) is 12.1 Å². The van der Waals surface area contributed by atoms with E-state index in [0.29, 0.717) is 6.07 Å². The van der Waals surface area contributed by atoms with Crippen molar-refractivity contribution >= 4 is 17.4 Å². The molecule has 2 aromatic carbocycles. The van der Waals surface area contributed by atoms with Crippen LogP contribution in [0.25, 0.3) is 0 Å². The third-order valence-corrected chi connectivity index (χ3v) is 2.93. The van der Waals surface area contributed by atoms with Crippen LogP contribution in [0.3, 0.4) is 0 Å². The smallest absolute Gasteiger partial charge is 0.195 e. The van der Waals surface area contributed by atoms with Crippen LogP contribution in [0.5, 0.6) is 0 Å². The van der Waals surface area contributed by atoms with Crippen molar-refractivity contribution in [2.24, 2.45) is 0 Å². The lowest BCUT2D eigenvalue weighted by atomic mass is 10.0. The molecule has 0 unspecified atom stereocenters. The minimum absolute atomic E-state index is 0.0494. The Balaban J connectivity index is 2.33. The molecule has 104 valence electrons. The van der Waals surface area contributed by atoms with E-state index in [1.54, 1.807) is 0 Å². The van der Waals surface area contributed by atoms with E-state index < -0.39 is 41.0 Å². The predicted octanol–water partition coefficient (Wildman–Crippen LogP) is 4.32. The first-order valence-corrected chi connectivity index (χ1v) is 5.88. The number of benzene rings is 2. The number of rotatable bonds is 3. The molecule has 0 saturated heterocycles. The molecule has 1 nitrogen and oxygen atoms in total. The quantitative estimate of drug-likeness (QED) is 0.469. The lowest BCUT2D eigenvalue weighted by Gasteiger charge is -2.06. The molecule has 0 amide bonds. The third-order valence-electron chi connectivity index (χ3n) is 2.69. The summed E-state index contributed by atoms with van der Waals surface area (Å²) in [6.45, 7) is 0. The molecule has 0 spiro atoms. The highest BCUT2D eigenvalue weighted by Crippen LogP contribution is 2.20. The van der Waals surface area contributed by atoms with Crippen molar-refractivity contribution in [3.05, 3.63) is 69.8 Å². The molecule has 0 N–H and O–H groups in total. The van der Waals surface area contributed by atoms with Crippen molar-refractivity contribution in [2.45, 2.75) is 6.42 Å². The third kappa shape index (κ3) is 2.82. The average Bonchev–Trinajstić information content (AvgIpc) is 2.40. The van der Waals surface area contributed by atoms with Gasteiger partial charge in [0.15, 0.2) is 23.2 Å². The molecule has 2 rings (SSSR count). The molecule has 0 aliphatic heterocycles. The maximum atomic E-state index is 13.5. The van der Waals surface area contributed by atoms with Crippen LogP contribution in [0, 0.1) is 23.3 Å². The van der Waals surface area contributed by atoms with Crippen LogP contribution in [0.2, 0.25) is 5.02 Å². The summed E-state index contributed by atoms with van der Waals surface area (Å²) in [6, 6.07) is 5.03. The van der Waals surface area contributed by atoms with E-state index in [0.717, 1.165) is 12.1 Å². The minimum Gasteiger partial charge on any atom is -0.294 e. The number of hydrogen-bond donors (Lipinski definition) is 0. The standard InChI is InChI=1S/C14H7ClF4O/c15-8-1-3-10(16)7(5-8)6-12(20)9-2-4-11(17)14(19)13(9)18/h1-5H,6H2. The molecule has 0 bridgehead atoms. The fourth-order valence-electron chi connectivity index (χ4n) is 1.69. The van der Waals surface area contributed by atoms with Gasteiger partial charge in [0.1, 0.15) is 5.82 Å². The first-order chi connectivity index (χ1) is 9.40. The Bertz CT molecular complexity index is 685. The molecule has 20 heavy (non-hydrogen) atoms. The zero-order valence-electron chi connectivity index (χ0n) is 9.89. The summed E-state index contributed by atoms with van der Waals surface area (Å²) < 4.78 is 52.7. The van der Waals surface area contributed by atoms with Gasteiger partial charge in [-0.3, -0.25) is 4.79 Å². The second-order valence-corrected chi connectivity index (χ2v) is 4.50. The maximum absolute atomic E-state index is 13.5. The molecule has 0 aliphatic rings. The number of carbonyl (C=O) groups excluding carboxylic acids is 1. The monoisotopic (exact) mass is 302 g/mol. The van der Waals surface area contributed by atoms with E-state index in [9.17, 15) is 22.4 Å². The van der Waals surface area contributed by atoms with Crippen LogP contribution in [0.4, 0.5) is 17.6 Å². The van der Waals surface area contributed by atoms with E-state index in [-0.39, 0.29) is 10.6 Å². The molecule has 0 radical (unpaired) electrons. The number of halogens is 5. The van der Waals surface area contributed by atoms with Crippen molar-refractivity contribution in [3.8, 4) is 0 Å². The summed E-state index contributed by atoms with van der Waals surface area (Å²) in [4.78, 5) is 11.8. The molecule has 0 aromatic heterocycles. The Hall–Kier alpha value is -1.88. The zero-order chi connectivity index (χ0) is 14.9. The topological polar surface area (TPSA) is 17.1 Å².